The average Bonchev–Trinajstić information content (AvgIpc) is 2.56. The molecule has 2 aliphatic heterocycles. The maximum atomic E-state index is 12.9. The number of piperazine rings is 2. The lowest BCUT2D eigenvalue weighted by Gasteiger charge is -2.38. The molecule has 5 nitrogen and oxygen atoms in total. The first-order chi connectivity index (χ1) is 10.2. The quantitative estimate of drug-likeness (QED) is 0.808. The van der Waals surface area contributed by atoms with Crippen molar-refractivity contribution in [3.05, 3.63) is 30.1 Å². The van der Waals surface area contributed by atoms with Gasteiger partial charge in [-0.05, 0) is 24.3 Å². The van der Waals surface area contributed by atoms with Crippen molar-refractivity contribution in [1.29, 1.82) is 0 Å². The third-order valence-corrected chi connectivity index (χ3v) is 4.12. The lowest BCUT2D eigenvalue weighted by molar-refractivity contribution is -0.133. The molecule has 0 aliphatic carbocycles. The van der Waals surface area contributed by atoms with Crippen molar-refractivity contribution in [1.82, 2.24) is 15.5 Å². The zero-order chi connectivity index (χ0) is 14.7. The van der Waals surface area contributed by atoms with E-state index in [0.717, 1.165) is 31.9 Å². The fourth-order valence-corrected chi connectivity index (χ4v) is 2.89. The summed E-state index contributed by atoms with van der Waals surface area (Å²) in [5, 5.41) is 6.50. The van der Waals surface area contributed by atoms with Crippen molar-refractivity contribution < 1.29 is 9.18 Å². The Kier molecular flexibility index (Phi) is 4.36. The van der Waals surface area contributed by atoms with Crippen LogP contribution in [0.2, 0.25) is 0 Å². The van der Waals surface area contributed by atoms with Crippen LogP contribution in [-0.2, 0) is 4.79 Å². The van der Waals surface area contributed by atoms with Crippen molar-refractivity contribution >= 4 is 11.6 Å². The van der Waals surface area contributed by atoms with Crippen LogP contribution in [0.1, 0.15) is 0 Å². The number of nitrogens with zero attached hydrogens (tertiary/aromatic N) is 2. The maximum absolute atomic E-state index is 12.9. The molecule has 0 aromatic heterocycles. The lowest BCUT2D eigenvalue weighted by Crippen LogP contribution is -2.59. The molecule has 0 saturated carbocycles. The molecule has 2 heterocycles. The molecule has 2 aliphatic rings. The van der Waals surface area contributed by atoms with Gasteiger partial charge in [-0.2, -0.15) is 0 Å². The molecule has 1 aromatic carbocycles. The van der Waals surface area contributed by atoms with Crippen molar-refractivity contribution in [3.63, 3.8) is 0 Å². The van der Waals surface area contributed by atoms with Gasteiger partial charge in [0.1, 0.15) is 5.82 Å². The van der Waals surface area contributed by atoms with Crippen LogP contribution < -0.4 is 15.5 Å². The first kappa shape index (κ1) is 14.3. The summed E-state index contributed by atoms with van der Waals surface area (Å²) in [5.41, 5.74) is 1.01. The second-order valence-electron chi connectivity index (χ2n) is 5.50. The van der Waals surface area contributed by atoms with E-state index >= 15 is 0 Å². The maximum Gasteiger partial charge on any atom is 0.241 e. The number of anilines is 1. The van der Waals surface area contributed by atoms with E-state index in [9.17, 15) is 9.18 Å². The first-order valence-corrected chi connectivity index (χ1v) is 7.47. The summed E-state index contributed by atoms with van der Waals surface area (Å²) in [5.74, 6) is -0.0376. The van der Waals surface area contributed by atoms with Gasteiger partial charge < -0.3 is 20.4 Å². The Bertz CT molecular complexity index is 479. The van der Waals surface area contributed by atoms with E-state index in [1.807, 2.05) is 4.90 Å². The van der Waals surface area contributed by atoms with Crippen molar-refractivity contribution in [2.24, 2.45) is 0 Å². The molecule has 2 fully saturated rings. The average molecular weight is 292 g/mol. The van der Waals surface area contributed by atoms with Crippen LogP contribution in [0.4, 0.5) is 10.1 Å². The molecule has 2 saturated heterocycles. The highest BCUT2D eigenvalue weighted by Crippen LogP contribution is 2.17. The number of nitrogens with one attached hydrogen (secondary N) is 2. The van der Waals surface area contributed by atoms with Crippen molar-refractivity contribution in [2.75, 3.05) is 50.7 Å². The molecular weight excluding hydrogens is 271 g/mol. The van der Waals surface area contributed by atoms with Gasteiger partial charge in [0, 0.05) is 51.5 Å². The Labute approximate surface area is 124 Å². The van der Waals surface area contributed by atoms with E-state index in [1.165, 1.54) is 12.1 Å². The van der Waals surface area contributed by atoms with Crippen LogP contribution in [0, 0.1) is 5.82 Å². The van der Waals surface area contributed by atoms with Gasteiger partial charge in [-0.1, -0.05) is 0 Å². The Balaban J connectivity index is 1.54. The number of hydrogen-bond donors (Lipinski definition) is 2. The molecule has 6 heteroatoms. The fourth-order valence-electron chi connectivity index (χ4n) is 2.89. The molecule has 1 atom stereocenters. The van der Waals surface area contributed by atoms with Gasteiger partial charge >= 0.3 is 0 Å². The zero-order valence-electron chi connectivity index (χ0n) is 12.0. The number of hydrogen-bond acceptors (Lipinski definition) is 4. The molecule has 114 valence electrons. The summed E-state index contributed by atoms with van der Waals surface area (Å²) in [6.07, 6.45) is 0. The lowest BCUT2D eigenvalue weighted by atomic mass is 10.1. The topological polar surface area (TPSA) is 47.6 Å². The number of carbonyl (C=O) groups excluding carboxylic acids is 1. The zero-order valence-corrected chi connectivity index (χ0v) is 12.0. The molecule has 2 N–H and O–H groups in total. The minimum Gasteiger partial charge on any atom is -0.368 e. The van der Waals surface area contributed by atoms with Gasteiger partial charge in [-0.25, -0.2) is 4.39 Å². The standard InChI is InChI=1S/C15H21FN4O/c16-12-1-3-13(4-2-12)19-7-9-20(10-8-19)15(21)14-11-17-5-6-18-14/h1-4,14,17-18H,5-11H2. The van der Waals surface area contributed by atoms with Crippen LogP contribution in [-0.4, -0.2) is 62.7 Å². The highest BCUT2D eigenvalue weighted by molar-refractivity contribution is 5.82. The summed E-state index contributed by atoms with van der Waals surface area (Å²) < 4.78 is 12.9. The third kappa shape index (κ3) is 3.33. The monoisotopic (exact) mass is 292 g/mol. The largest absolute Gasteiger partial charge is 0.368 e. The highest BCUT2D eigenvalue weighted by atomic mass is 19.1. The smallest absolute Gasteiger partial charge is 0.241 e. The summed E-state index contributed by atoms with van der Waals surface area (Å²) in [6, 6.07) is 6.43. The van der Waals surface area contributed by atoms with Crippen molar-refractivity contribution in [2.45, 2.75) is 6.04 Å². The second kappa shape index (κ2) is 6.41. The van der Waals surface area contributed by atoms with E-state index in [2.05, 4.69) is 15.5 Å². The molecule has 0 spiro atoms. The minimum absolute atomic E-state index is 0.101. The summed E-state index contributed by atoms with van der Waals surface area (Å²) in [7, 11) is 0. The molecule has 1 aromatic rings. The third-order valence-electron chi connectivity index (χ3n) is 4.12. The van der Waals surface area contributed by atoms with Crippen LogP contribution in [0.3, 0.4) is 0 Å². The number of benzene rings is 1. The van der Waals surface area contributed by atoms with Gasteiger partial charge in [-0.3, -0.25) is 4.79 Å². The Morgan fingerprint density at radius 2 is 1.81 bits per heavy atom. The predicted octanol–water partition coefficient (Wildman–Crippen LogP) is 0.0357. The second-order valence-corrected chi connectivity index (χ2v) is 5.50. The first-order valence-electron chi connectivity index (χ1n) is 7.47. The van der Waals surface area contributed by atoms with Crippen LogP contribution in [0.15, 0.2) is 24.3 Å². The molecule has 21 heavy (non-hydrogen) atoms. The van der Waals surface area contributed by atoms with Gasteiger partial charge in [-0.15, -0.1) is 0 Å². The van der Waals surface area contributed by atoms with E-state index in [4.69, 9.17) is 0 Å². The SMILES string of the molecule is O=C(C1CNCCN1)N1CCN(c2ccc(F)cc2)CC1. The Hall–Kier alpha value is -1.66. The van der Waals surface area contributed by atoms with Crippen molar-refractivity contribution in [3.8, 4) is 0 Å². The number of halogens is 1. The van der Waals surface area contributed by atoms with E-state index in [-0.39, 0.29) is 17.8 Å². The summed E-state index contributed by atoms with van der Waals surface area (Å²) in [4.78, 5) is 16.5. The number of amides is 1. The Morgan fingerprint density at radius 1 is 1.10 bits per heavy atom. The molecule has 3 rings (SSSR count). The van der Waals surface area contributed by atoms with Crippen LogP contribution in [0.5, 0.6) is 0 Å². The predicted molar refractivity (Wildman–Crippen MR) is 79.9 cm³/mol. The summed E-state index contributed by atoms with van der Waals surface area (Å²) >= 11 is 0. The fraction of sp³-hybridized carbons (Fsp3) is 0.533. The van der Waals surface area contributed by atoms with Gasteiger partial charge in [0.05, 0.1) is 6.04 Å². The molecule has 1 amide bonds. The molecule has 0 bridgehead atoms. The molecular formula is C15H21FN4O. The van der Waals surface area contributed by atoms with E-state index in [1.54, 1.807) is 12.1 Å². The normalized spacial score (nSPS) is 23.2. The number of rotatable bonds is 2. The minimum atomic E-state index is -0.219. The van der Waals surface area contributed by atoms with Crippen LogP contribution in [0.25, 0.3) is 0 Å². The van der Waals surface area contributed by atoms with E-state index < -0.39 is 0 Å². The molecule has 1 unspecified atom stereocenters. The van der Waals surface area contributed by atoms with Gasteiger partial charge in [0.2, 0.25) is 5.91 Å². The van der Waals surface area contributed by atoms with Gasteiger partial charge in [0.15, 0.2) is 0 Å². The summed E-state index contributed by atoms with van der Waals surface area (Å²) in [6.45, 7) is 5.48. The Morgan fingerprint density at radius 3 is 2.43 bits per heavy atom. The molecule has 0 radical (unpaired) electrons. The van der Waals surface area contributed by atoms with Gasteiger partial charge in [0.25, 0.3) is 0 Å². The number of carbonyl (C=O) groups is 1. The van der Waals surface area contributed by atoms with E-state index in [0.29, 0.717) is 19.6 Å². The van der Waals surface area contributed by atoms with Crippen LogP contribution >= 0.6 is 0 Å². The highest BCUT2D eigenvalue weighted by Gasteiger charge is 2.28.